The largest absolute Gasteiger partial charge is 0.327 e. The molecule has 0 aromatic heterocycles. The number of carbonyl (C=O) groups is 1. The van der Waals surface area contributed by atoms with Gasteiger partial charge in [-0.25, -0.2) is 0 Å². The lowest BCUT2D eigenvalue weighted by atomic mass is 10.1. The van der Waals surface area contributed by atoms with Gasteiger partial charge in [0.1, 0.15) is 17.8 Å². The summed E-state index contributed by atoms with van der Waals surface area (Å²) in [5.41, 5.74) is 2.16. The quantitative estimate of drug-likeness (QED) is 0.481. The zero-order valence-corrected chi connectivity index (χ0v) is 15.3. The molecular formula is C19H16N4O3S. The van der Waals surface area contributed by atoms with E-state index in [1.807, 2.05) is 37.3 Å². The second-order valence-corrected chi connectivity index (χ2v) is 6.35. The molecule has 0 saturated heterocycles. The van der Waals surface area contributed by atoms with Crippen molar-refractivity contribution in [1.82, 2.24) is 5.32 Å². The lowest BCUT2D eigenvalue weighted by Gasteiger charge is -2.38. The number of nitro groups is 1. The molecule has 1 atom stereocenters. The molecule has 0 fully saturated rings. The molecule has 1 aliphatic heterocycles. The van der Waals surface area contributed by atoms with Crippen molar-refractivity contribution >= 4 is 29.9 Å². The highest BCUT2D eigenvalue weighted by Gasteiger charge is 2.34. The number of anilines is 1. The van der Waals surface area contributed by atoms with Crippen LogP contribution in [0.15, 0.2) is 59.1 Å². The number of carbonyl (C=O) groups excluding carboxylic acids is 1. The Hall–Kier alpha value is -3.31. The Balaban J connectivity index is 2.14. The lowest BCUT2D eigenvalue weighted by molar-refractivity contribution is -0.384. The molecule has 1 heterocycles. The molecule has 136 valence electrons. The van der Waals surface area contributed by atoms with Crippen LogP contribution in [0, 0.1) is 21.4 Å². The first kappa shape index (κ1) is 18.5. The van der Waals surface area contributed by atoms with Gasteiger partial charge in [-0.3, -0.25) is 14.9 Å². The fourth-order valence-corrected chi connectivity index (χ4v) is 3.29. The molecule has 2 aromatic rings. The lowest BCUT2D eigenvalue weighted by Crippen LogP contribution is -2.46. The second-order valence-electron chi connectivity index (χ2n) is 5.93. The first-order valence-electron chi connectivity index (χ1n) is 8.23. The van der Waals surface area contributed by atoms with Gasteiger partial charge in [-0.2, -0.15) is 5.26 Å². The van der Waals surface area contributed by atoms with E-state index in [4.69, 9.17) is 0 Å². The summed E-state index contributed by atoms with van der Waals surface area (Å²) < 4.78 is 0. The maximum absolute atomic E-state index is 12.3. The van der Waals surface area contributed by atoms with E-state index >= 15 is 0 Å². The SMILES string of the molecule is CCc1ccc(N2C(S)=C(C#N)C(=O)NC2c2cccc([N+](=O)[O-])c2)cc1. The molecule has 0 aliphatic carbocycles. The highest BCUT2D eigenvalue weighted by atomic mass is 32.1. The van der Waals surface area contributed by atoms with Crippen molar-refractivity contribution in [3.8, 4) is 6.07 Å². The summed E-state index contributed by atoms with van der Waals surface area (Å²) in [5, 5.41) is 23.4. The Morgan fingerprint density at radius 3 is 2.59 bits per heavy atom. The van der Waals surface area contributed by atoms with Crippen LogP contribution in [0.2, 0.25) is 0 Å². The van der Waals surface area contributed by atoms with E-state index in [0.717, 1.165) is 12.0 Å². The van der Waals surface area contributed by atoms with Gasteiger partial charge in [0.15, 0.2) is 0 Å². The van der Waals surface area contributed by atoms with Crippen molar-refractivity contribution in [1.29, 1.82) is 5.26 Å². The third-order valence-electron chi connectivity index (χ3n) is 4.34. The van der Waals surface area contributed by atoms with Crippen molar-refractivity contribution in [3.63, 3.8) is 0 Å². The molecule has 3 rings (SSSR count). The van der Waals surface area contributed by atoms with Crippen LogP contribution in [0.3, 0.4) is 0 Å². The molecule has 1 aliphatic rings. The number of thiol groups is 1. The van der Waals surface area contributed by atoms with Crippen LogP contribution in [0.1, 0.15) is 24.2 Å². The number of rotatable bonds is 4. The summed E-state index contributed by atoms with van der Waals surface area (Å²) in [6.07, 6.45) is 0.146. The van der Waals surface area contributed by atoms with Crippen molar-refractivity contribution < 1.29 is 9.72 Å². The maximum atomic E-state index is 12.3. The van der Waals surface area contributed by atoms with E-state index in [1.165, 1.54) is 12.1 Å². The Labute approximate surface area is 161 Å². The van der Waals surface area contributed by atoms with Gasteiger partial charge in [0.2, 0.25) is 0 Å². The van der Waals surface area contributed by atoms with Crippen LogP contribution in [0.25, 0.3) is 0 Å². The molecule has 0 radical (unpaired) electrons. The molecule has 27 heavy (non-hydrogen) atoms. The molecule has 7 nitrogen and oxygen atoms in total. The predicted octanol–water partition coefficient (Wildman–Crippen LogP) is 3.46. The first-order valence-corrected chi connectivity index (χ1v) is 8.67. The molecule has 1 N–H and O–H groups in total. The van der Waals surface area contributed by atoms with E-state index < -0.39 is 17.0 Å². The first-order chi connectivity index (χ1) is 13.0. The molecular weight excluding hydrogens is 364 g/mol. The van der Waals surface area contributed by atoms with Gasteiger partial charge >= 0.3 is 0 Å². The van der Waals surface area contributed by atoms with Gasteiger partial charge in [0.05, 0.1) is 9.95 Å². The van der Waals surface area contributed by atoms with Crippen molar-refractivity contribution in [3.05, 3.63) is 80.4 Å². The monoisotopic (exact) mass is 380 g/mol. The summed E-state index contributed by atoms with van der Waals surface area (Å²) in [4.78, 5) is 24.6. The van der Waals surface area contributed by atoms with E-state index in [9.17, 15) is 20.2 Å². The Bertz CT molecular complexity index is 979. The van der Waals surface area contributed by atoms with Crippen LogP contribution >= 0.6 is 12.6 Å². The molecule has 8 heteroatoms. The Kier molecular flexibility index (Phi) is 5.14. The highest BCUT2D eigenvalue weighted by Crippen LogP contribution is 2.36. The summed E-state index contributed by atoms with van der Waals surface area (Å²) in [6.45, 7) is 2.04. The minimum atomic E-state index is -0.727. The minimum Gasteiger partial charge on any atom is -0.327 e. The summed E-state index contributed by atoms with van der Waals surface area (Å²) >= 11 is 4.42. The maximum Gasteiger partial charge on any atom is 0.269 e. The number of nitrogens with zero attached hydrogens (tertiary/aromatic N) is 3. The normalized spacial score (nSPS) is 16.7. The number of hydrogen-bond donors (Lipinski definition) is 2. The van der Waals surface area contributed by atoms with Crippen LogP contribution < -0.4 is 10.2 Å². The van der Waals surface area contributed by atoms with Gasteiger partial charge in [0.25, 0.3) is 11.6 Å². The third-order valence-corrected chi connectivity index (χ3v) is 4.78. The number of aryl methyl sites for hydroxylation is 1. The molecule has 0 bridgehead atoms. The van der Waals surface area contributed by atoms with Crippen LogP contribution in [0.4, 0.5) is 11.4 Å². The number of amides is 1. The van der Waals surface area contributed by atoms with E-state index in [1.54, 1.807) is 17.0 Å². The van der Waals surface area contributed by atoms with Gasteiger partial charge in [-0.1, -0.05) is 31.2 Å². The van der Waals surface area contributed by atoms with Gasteiger partial charge in [-0.15, -0.1) is 12.6 Å². The van der Waals surface area contributed by atoms with Crippen LogP contribution in [0.5, 0.6) is 0 Å². The van der Waals surface area contributed by atoms with Gasteiger partial charge < -0.3 is 10.2 Å². The second kappa shape index (κ2) is 7.51. The third kappa shape index (κ3) is 3.50. The van der Waals surface area contributed by atoms with Crippen molar-refractivity contribution in [2.24, 2.45) is 0 Å². The van der Waals surface area contributed by atoms with E-state index in [2.05, 4.69) is 17.9 Å². The molecule has 1 amide bonds. The Morgan fingerprint density at radius 2 is 2.00 bits per heavy atom. The number of nitriles is 1. The molecule has 0 spiro atoms. The zero-order valence-electron chi connectivity index (χ0n) is 14.4. The number of benzene rings is 2. The molecule has 1 unspecified atom stereocenters. The topological polar surface area (TPSA) is 99.3 Å². The highest BCUT2D eigenvalue weighted by molar-refractivity contribution is 7.84. The number of nitro benzene ring substituents is 1. The average molecular weight is 380 g/mol. The Morgan fingerprint density at radius 1 is 1.30 bits per heavy atom. The summed E-state index contributed by atoms with van der Waals surface area (Å²) in [5.74, 6) is -0.569. The van der Waals surface area contributed by atoms with Gasteiger partial charge in [-0.05, 0) is 24.1 Å². The van der Waals surface area contributed by atoms with Gasteiger partial charge in [0, 0.05) is 23.4 Å². The van der Waals surface area contributed by atoms with Crippen molar-refractivity contribution in [2.45, 2.75) is 19.5 Å². The molecule has 2 aromatic carbocycles. The summed E-state index contributed by atoms with van der Waals surface area (Å²) in [7, 11) is 0. The van der Waals surface area contributed by atoms with E-state index in [0.29, 0.717) is 11.3 Å². The number of hydrogen-bond acceptors (Lipinski definition) is 6. The average Bonchev–Trinajstić information content (AvgIpc) is 2.68. The molecule has 0 saturated carbocycles. The number of non-ortho nitro benzene ring substituents is 1. The zero-order chi connectivity index (χ0) is 19.6. The smallest absolute Gasteiger partial charge is 0.269 e. The minimum absolute atomic E-state index is 0.0844. The van der Waals surface area contributed by atoms with Crippen LogP contribution in [-0.4, -0.2) is 10.8 Å². The standard InChI is InChI=1S/C19H16N4O3S/c1-2-12-6-8-14(9-7-12)22-17(21-18(24)16(11-20)19(22)27)13-4-3-5-15(10-13)23(25)26/h3-10,17,27H,2H2,1H3,(H,21,24). The number of nitrogens with one attached hydrogen (secondary N) is 1. The van der Waals surface area contributed by atoms with Crippen LogP contribution in [-0.2, 0) is 11.2 Å². The fourth-order valence-electron chi connectivity index (χ4n) is 2.91. The van der Waals surface area contributed by atoms with Crippen molar-refractivity contribution in [2.75, 3.05) is 4.90 Å². The predicted molar refractivity (Wildman–Crippen MR) is 104 cm³/mol. The van der Waals surface area contributed by atoms with E-state index in [-0.39, 0.29) is 16.3 Å². The summed E-state index contributed by atoms with van der Waals surface area (Å²) in [6, 6.07) is 15.5. The fraction of sp³-hybridized carbons (Fsp3) is 0.158.